The molecule has 0 saturated carbocycles. The molecule has 1 aromatic heterocycles. The van der Waals surface area contributed by atoms with Crippen molar-refractivity contribution in [1.29, 1.82) is 0 Å². The van der Waals surface area contributed by atoms with Crippen LogP contribution in [0.1, 0.15) is 10.5 Å². The number of benzene rings is 3. The minimum Gasteiger partial charge on any atom is -0.495 e. The maximum Gasteiger partial charge on any atom is 0.276 e. The van der Waals surface area contributed by atoms with Crippen molar-refractivity contribution in [3.8, 4) is 22.6 Å². The highest BCUT2D eigenvalue weighted by atomic mass is 16.5. The number of methoxy groups -OCH3 is 1. The van der Waals surface area contributed by atoms with Gasteiger partial charge in [-0.05, 0) is 41.5 Å². The van der Waals surface area contributed by atoms with Gasteiger partial charge in [0.15, 0.2) is 12.4 Å². The molecule has 0 saturated heterocycles. The molecule has 0 bridgehead atoms. The van der Waals surface area contributed by atoms with Gasteiger partial charge < -0.3 is 14.8 Å². The number of rotatable bonds is 7. The van der Waals surface area contributed by atoms with Gasteiger partial charge in [0.25, 0.3) is 5.91 Å². The molecular weight excluding hydrogens is 378 g/mol. The van der Waals surface area contributed by atoms with Crippen molar-refractivity contribution < 1.29 is 14.3 Å². The summed E-state index contributed by atoms with van der Waals surface area (Å²) < 4.78 is 12.6. The maximum absolute atomic E-state index is 12.5. The fourth-order valence-electron chi connectivity index (χ4n) is 3.00. The van der Waals surface area contributed by atoms with Crippen LogP contribution in [-0.2, 0) is 6.73 Å². The normalized spacial score (nSPS) is 10.4. The van der Waals surface area contributed by atoms with Crippen molar-refractivity contribution in [1.82, 2.24) is 9.78 Å². The van der Waals surface area contributed by atoms with Crippen LogP contribution >= 0.6 is 0 Å². The van der Waals surface area contributed by atoms with Gasteiger partial charge >= 0.3 is 0 Å². The van der Waals surface area contributed by atoms with E-state index in [9.17, 15) is 4.79 Å². The molecule has 0 aliphatic heterocycles. The average molecular weight is 399 g/mol. The Morgan fingerprint density at radius 1 is 0.900 bits per heavy atom. The van der Waals surface area contributed by atoms with E-state index in [1.165, 1.54) is 0 Å². The molecule has 150 valence electrons. The third-order valence-electron chi connectivity index (χ3n) is 4.55. The molecule has 0 spiro atoms. The number of amides is 1. The number of hydrogen-bond donors (Lipinski definition) is 1. The number of carbonyl (C=O) groups excluding carboxylic acids is 1. The van der Waals surface area contributed by atoms with E-state index in [4.69, 9.17) is 9.47 Å². The molecular formula is C24H21N3O3. The summed E-state index contributed by atoms with van der Waals surface area (Å²) in [7, 11) is 1.56. The summed E-state index contributed by atoms with van der Waals surface area (Å²) in [6.07, 6.45) is 1.70. The zero-order valence-corrected chi connectivity index (χ0v) is 16.5. The van der Waals surface area contributed by atoms with E-state index < -0.39 is 0 Å². The summed E-state index contributed by atoms with van der Waals surface area (Å²) in [4.78, 5) is 12.5. The van der Waals surface area contributed by atoms with Crippen LogP contribution in [0.2, 0.25) is 0 Å². The Bertz CT molecular complexity index is 1120. The molecule has 0 atom stereocenters. The van der Waals surface area contributed by atoms with E-state index in [1.54, 1.807) is 36.2 Å². The Morgan fingerprint density at radius 3 is 2.37 bits per heavy atom. The first kappa shape index (κ1) is 19.3. The van der Waals surface area contributed by atoms with E-state index in [-0.39, 0.29) is 12.6 Å². The summed E-state index contributed by atoms with van der Waals surface area (Å²) in [5.74, 6) is 1.00. The predicted molar refractivity (Wildman–Crippen MR) is 116 cm³/mol. The van der Waals surface area contributed by atoms with E-state index in [2.05, 4.69) is 22.5 Å². The number of aromatic nitrogens is 2. The Labute approximate surface area is 174 Å². The number of anilines is 1. The first-order chi connectivity index (χ1) is 14.7. The lowest BCUT2D eigenvalue weighted by Crippen LogP contribution is -2.14. The van der Waals surface area contributed by atoms with Crippen molar-refractivity contribution in [3.05, 3.63) is 96.8 Å². The summed E-state index contributed by atoms with van der Waals surface area (Å²) in [6, 6.07) is 26.9. The molecule has 0 radical (unpaired) electrons. The molecule has 3 aromatic carbocycles. The van der Waals surface area contributed by atoms with E-state index in [0.29, 0.717) is 17.1 Å². The van der Waals surface area contributed by atoms with Gasteiger partial charge in [-0.15, -0.1) is 0 Å². The molecule has 1 N–H and O–H groups in total. The van der Waals surface area contributed by atoms with Gasteiger partial charge in [-0.3, -0.25) is 4.79 Å². The highest BCUT2D eigenvalue weighted by molar-refractivity contribution is 6.03. The van der Waals surface area contributed by atoms with Gasteiger partial charge in [0.1, 0.15) is 11.5 Å². The van der Waals surface area contributed by atoms with Crippen LogP contribution in [0.25, 0.3) is 11.1 Å². The van der Waals surface area contributed by atoms with E-state index >= 15 is 0 Å². The molecule has 1 heterocycles. The number of para-hydroxylation sites is 2. The Morgan fingerprint density at radius 2 is 1.60 bits per heavy atom. The van der Waals surface area contributed by atoms with Crippen LogP contribution in [0.5, 0.6) is 11.5 Å². The average Bonchev–Trinajstić information content (AvgIpc) is 3.28. The molecule has 0 aliphatic rings. The number of nitrogens with zero attached hydrogens (tertiary/aromatic N) is 2. The predicted octanol–water partition coefficient (Wildman–Crippen LogP) is 4.85. The smallest absolute Gasteiger partial charge is 0.276 e. The molecule has 0 fully saturated rings. The minimum atomic E-state index is -0.314. The third-order valence-corrected chi connectivity index (χ3v) is 4.55. The molecule has 0 aliphatic carbocycles. The molecule has 4 aromatic rings. The third kappa shape index (κ3) is 4.50. The lowest BCUT2D eigenvalue weighted by Gasteiger charge is -2.09. The molecule has 0 unspecified atom stereocenters. The first-order valence-corrected chi connectivity index (χ1v) is 9.49. The summed E-state index contributed by atoms with van der Waals surface area (Å²) in [5, 5.41) is 7.09. The minimum absolute atomic E-state index is 0.201. The van der Waals surface area contributed by atoms with Crippen LogP contribution in [0.4, 0.5) is 5.69 Å². The largest absolute Gasteiger partial charge is 0.495 e. The van der Waals surface area contributed by atoms with Gasteiger partial charge in [0, 0.05) is 6.20 Å². The zero-order chi connectivity index (χ0) is 20.8. The van der Waals surface area contributed by atoms with Gasteiger partial charge in [-0.25, -0.2) is 4.68 Å². The van der Waals surface area contributed by atoms with Crippen LogP contribution < -0.4 is 14.8 Å². The van der Waals surface area contributed by atoms with Crippen molar-refractivity contribution in [2.45, 2.75) is 6.73 Å². The van der Waals surface area contributed by atoms with Crippen molar-refractivity contribution >= 4 is 11.6 Å². The quantitative estimate of drug-likeness (QED) is 0.483. The number of ether oxygens (including phenoxy) is 2. The molecule has 30 heavy (non-hydrogen) atoms. The fourth-order valence-corrected chi connectivity index (χ4v) is 3.00. The second kappa shape index (κ2) is 8.96. The maximum atomic E-state index is 12.5. The van der Waals surface area contributed by atoms with Crippen LogP contribution in [0.3, 0.4) is 0 Å². The SMILES string of the molecule is COc1ccccc1NC(=O)c1ccn(COc2ccc(-c3ccccc3)cc2)n1. The van der Waals surface area contributed by atoms with Gasteiger partial charge in [0.05, 0.1) is 12.8 Å². The second-order valence-corrected chi connectivity index (χ2v) is 6.56. The Hall–Kier alpha value is -4.06. The fraction of sp³-hybridized carbons (Fsp3) is 0.0833. The van der Waals surface area contributed by atoms with E-state index in [0.717, 1.165) is 16.9 Å². The molecule has 1 amide bonds. The van der Waals surface area contributed by atoms with Crippen molar-refractivity contribution in [2.75, 3.05) is 12.4 Å². The monoisotopic (exact) mass is 399 g/mol. The second-order valence-electron chi connectivity index (χ2n) is 6.56. The topological polar surface area (TPSA) is 65.4 Å². The highest BCUT2D eigenvalue weighted by Crippen LogP contribution is 2.24. The van der Waals surface area contributed by atoms with Gasteiger partial charge in [-0.1, -0.05) is 54.6 Å². The summed E-state index contributed by atoms with van der Waals surface area (Å²) >= 11 is 0. The van der Waals surface area contributed by atoms with Crippen LogP contribution in [0, 0.1) is 0 Å². The van der Waals surface area contributed by atoms with Crippen molar-refractivity contribution in [3.63, 3.8) is 0 Å². The van der Waals surface area contributed by atoms with Crippen LogP contribution in [-0.4, -0.2) is 22.8 Å². The Balaban J connectivity index is 1.36. The first-order valence-electron chi connectivity index (χ1n) is 9.49. The highest BCUT2D eigenvalue weighted by Gasteiger charge is 2.12. The van der Waals surface area contributed by atoms with Gasteiger partial charge in [-0.2, -0.15) is 5.10 Å². The lowest BCUT2D eigenvalue weighted by molar-refractivity contribution is 0.102. The number of nitrogens with one attached hydrogen (secondary N) is 1. The van der Waals surface area contributed by atoms with Crippen molar-refractivity contribution in [2.24, 2.45) is 0 Å². The summed E-state index contributed by atoms with van der Waals surface area (Å²) in [5.41, 5.74) is 3.16. The molecule has 6 heteroatoms. The standard InChI is InChI=1S/C24H21N3O3/c1-29-23-10-6-5-9-21(23)25-24(28)22-15-16-27(26-22)17-30-20-13-11-19(12-14-20)18-7-3-2-4-8-18/h2-16H,17H2,1H3,(H,25,28). The number of hydrogen-bond acceptors (Lipinski definition) is 4. The lowest BCUT2D eigenvalue weighted by atomic mass is 10.1. The van der Waals surface area contributed by atoms with Crippen LogP contribution in [0.15, 0.2) is 91.1 Å². The molecule has 6 nitrogen and oxygen atoms in total. The van der Waals surface area contributed by atoms with E-state index in [1.807, 2.05) is 54.6 Å². The summed E-state index contributed by atoms with van der Waals surface area (Å²) in [6.45, 7) is 0.201. The molecule has 4 rings (SSSR count). The zero-order valence-electron chi connectivity index (χ0n) is 16.5. The Kier molecular flexibility index (Phi) is 5.75. The van der Waals surface area contributed by atoms with Gasteiger partial charge in [0.2, 0.25) is 0 Å². The number of carbonyl (C=O) groups is 1.